The van der Waals surface area contributed by atoms with Gasteiger partial charge in [-0.3, -0.25) is 0 Å². The summed E-state index contributed by atoms with van der Waals surface area (Å²) in [7, 11) is 0. The molecule has 4 heteroatoms. The van der Waals surface area contributed by atoms with E-state index in [2.05, 4.69) is 0 Å². The highest BCUT2D eigenvalue weighted by Gasteiger charge is 2.27. The Kier molecular flexibility index (Phi) is 2.69. The molecule has 0 radical (unpaired) electrons. The predicted molar refractivity (Wildman–Crippen MR) is 79.7 cm³/mol. The highest BCUT2D eigenvalue weighted by molar-refractivity contribution is 6.04. The average Bonchev–Trinajstić information content (AvgIpc) is 3.04. The number of esters is 2. The number of rotatable bonds is 1. The summed E-state index contributed by atoms with van der Waals surface area (Å²) < 4.78 is 10.5. The quantitative estimate of drug-likeness (QED) is 0.755. The van der Waals surface area contributed by atoms with Crippen LogP contribution >= 0.6 is 0 Å². The molecule has 0 atom stereocenters. The molecule has 106 valence electrons. The van der Waals surface area contributed by atoms with Gasteiger partial charge in [0.25, 0.3) is 0 Å². The minimum atomic E-state index is -0.371. The lowest BCUT2D eigenvalue weighted by Crippen LogP contribution is -1.92. The van der Waals surface area contributed by atoms with Gasteiger partial charge < -0.3 is 9.47 Å². The number of hydrogen-bond acceptors (Lipinski definition) is 4. The normalized spacial score (nSPS) is 19.1. The minimum absolute atomic E-state index is 0.371. The van der Waals surface area contributed by atoms with E-state index in [0.29, 0.717) is 22.6 Å². The predicted octanol–water partition coefficient (Wildman–Crippen LogP) is 3.41. The molecule has 2 aliphatic heterocycles. The lowest BCUT2D eigenvalue weighted by atomic mass is 10.1. The van der Waals surface area contributed by atoms with Gasteiger partial charge in [0, 0.05) is 11.1 Å². The third kappa shape index (κ3) is 1.85. The first kappa shape index (κ1) is 12.6. The second kappa shape index (κ2) is 4.70. The molecule has 0 spiro atoms. The Morgan fingerprint density at radius 2 is 0.955 bits per heavy atom. The largest absolute Gasteiger partial charge is 0.422 e. The number of cyclic esters (lactones) is 2. The van der Waals surface area contributed by atoms with E-state index in [-0.39, 0.29) is 11.9 Å². The van der Waals surface area contributed by atoms with Crippen molar-refractivity contribution in [2.75, 3.05) is 0 Å². The fraction of sp³-hybridized carbons (Fsp3) is 0. The van der Waals surface area contributed by atoms with Crippen molar-refractivity contribution in [1.82, 2.24) is 0 Å². The minimum Gasteiger partial charge on any atom is -0.422 e. The van der Waals surface area contributed by atoms with Crippen LogP contribution in [-0.2, 0) is 9.47 Å². The summed E-state index contributed by atoms with van der Waals surface area (Å²) in [5.41, 5.74) is 2.55. The van der Waals surface area contributed by atoms with Crippen molar-refractivity contribution in [3.63, 3.8) is 0 Å². The zero-order valence-electron chi connectivity index (χ0n) is 11.4. The second-order valence-electron chi connectivity index (χ2n) is 4.93. The summed E-state index contributed by atoms with van der Waals surface area (Å²) in [6.07, 6.45) is 3.29. The smallest absolute Gasteiger partial charge is 0.344 e. The summed E-state index contributed by atoms with van der Waals surface area (Å²) in [5, 5.41) is 0. The van der Waals surface area contributed by atoms with Crippen molar-refractivity contribution >= 4 is 23.5 Å². The molecule has 0 N–H and O–H groups in total. The number of fused-ring (bicyclic) bond motifs is 2. The summed E-state index contributed by atoms with van der Waals surface area (Å²) in [5.74, 6) is 0.162. The van der Waals surface area contributed by atoms with Gasteiger partial charge >= 0.3 is 11.9 Å². The highest BCUT2D eigenvalue weighted by Crippen LogP contribution is 2.32. The summed E-state index contributed by atoms with van der Waals surface area (Å²) in [6, 6.07) is 14.3. The van der Waals surface area contributed by atoms with Gasteiger partial charge in [0.15, 0.2) is 0 Å². The van der Waals surface area contributed by atoms with Crippen LogP contribution in [0.25, 0.3) is 11.5 Å². The van der Waals surface area contributed by atoms with Crippen LogP contribution in [-0.4, -0.2) is 11.9 Å². The van der Waals surface area contributed by atoms with E-state index in [1.165, 1.54) is 0 Å². The van der Waals surface area contributed by atoms with Gasteiger partial charge in [-0.25, -0.2) is 9.59 Å². The maximum absolute atomic E-state index is 11.8. The summed E-state index contributed by atoms with van der Waals surface area (Å²) in [4.78, 5) is 23.5. The van der Waals surface area contributed by atoms with Crippen LogP contribution in [0, 0.1) is 0 Å². The fourth-order valence-corrected chi connectivity index (χ4v) is 2.57. The lowest BCUT2D eigenvalue weighted by Gasteiger charge is -1.98. The molecule has 2 aliphatic rings. The van der Waals surface area contributed by atoms with E-state index in [0.717, 1.165) is 11.1 Å². The standard InChI is InChI=1S/C18H10O4/c19-17-13-7-3-1-5-11(13)15(21-17)9-10-16-12-6-2-4-8-14(12)18(20)22-16/h1-10H/b15-9-,16-10-. The molecule has 2 aromatic carbocycles. The Morgan fingerprint density at radius 3 is 1.36 bits per heavy atom. The van der Waals surface area contributed by atoms with Crippen molar-refractivity contribution in [1.29, 1.82) is 0 Å². The SMILES string of the molecule is O=C1O/C(=C\C=C2/OC(=O)c3ccccc32)c2ccccc21. The molecular weight excluding hydrogens is 280 g/mol. The van der Waals surface area contributed by atoms with Gasteiger partial charge in [-0.1, -0.05) is 36.4 Å². The van der Waals surface area contributed by atoms with Gasteiger partial charge in [0.2, 0.25) is 0 Å². The van der Waals surface area contributed by atoms with Crippen molar-refractivity contribution in [2.24, 2.45) is 0 Å². The van der Waals surface area contributed by atoms with Crippen LogP contribution in [0.5, 0.6) is 0 Å². The van der Waals surface area contributed by atoms with E-state index in [1.807, 2.05) is 24.3 Å². The fourth-order valence-electron chi connectivity index (χ4n) is 2.57. The van der Waals surface area contributed by atoms with E-state index in [1.54, 1.807) is 36.4 Å². The Labute approximate surface area is 126 Å². The Morgan fingerprint density at radius 1 is 0.591 bits per heavy atom. The van der Waals surface area contributed by atoms with Crippen LogP contribution in [0.15, 0.2) is 60.7 Å². The summed E-state index contributed by atoms with van der Waals surface area (Å²) >= 11 is 0. The molecule has 0 aliphatic carbocycles. The zero-order valence-corrected chi connectivity index (χ0v) is 11.4. The molecule has 22 heavy (non-hydrogen) atoms. The zero-order chi connectivity index (χ0) is 15.1. The van der Waals surface area contributed by atoms with Gasteiger partial charge in [0.1, 0.15) is 11.5 Å². The van der Waals surface area contributed by atoms with Crippen molar-refractivity contribution < 1.29 is 19.1 Å². The van der Waals surface area contributed by atoms with Gasteiger partial charge in [-0.05, 0) is 24.3 Å². The second-order valence-corrected chi connectivity index (χ2v) is 4.93. The Hall–Kier alpha value is -3.14. The monoisotopic (exact) mass is 290 g/mol. The number of carbonyl (C=O) groups is 2. The molecule has 4 nitrogen and oxygen atoms in total. The van der Waals surface area contributed by atoms with Crippen LogP contribution in [0.1, 0.15) is 31.8 Å². The van der Waals surface area contributed by atoms with Crippen LogP contribution < -0.4 is 0 Å². The first-order valence-electron chi connectivity index (χ1n) is 6.79. The molecule has 2 aromatic rings. The molecular formula is C18H10O4. The van der Waals surface area contributed by atoms with Gasteiger partial charge in [0.05, 0.1) is 11.1 Å². The van der Waals surface area contributed by atoms with E-state index >= 15 is 0 Å². The molecule has 2 heterocycles. The third-order valence-electron chi connectivity index (χ3n) is 3.62. The third-order valence-corrected chi connectivity index (χ3v) is 3.62. The highest BCUT2D eigenvalue weighted by atomic mass is 16.5. The van der Waals surface area contributed by atoms with E-state index in [4.69, 9.17) is 9.47 Å². The maximum atomic E-state index is 11.8. The van der Waals surface area contributed by atoms with E-state index in [9.17, 15) is 9.59 Å². The molecule has 4 rings (SSSR count). The van der Waals surface area contributed by atoms with Gasteiger partial charge in [-0.15, -0.1) is 0 Å². The molecule has 0 saturated heterocycles. The number of carbonyl (C=O) groups excluding carboxylic acids is 2. The Bertz CT molecular complexity index is 801. The van der Waals surface area contributed by atoms with Crippen molar-refractivity contribution in [2.45, 2.75) is 0 Å². The molecule has 0 aromatic heterocycles. The molecule has 0 fully saturated rings. The van der Waals surface area contributed by atoms with Crippen molar-refractivity contribution in [3.8, 4) is 0 Å². The topological polar surface area (TPSA) is 52.6 Å². The average molecular weight is 290 g/mol. The number of ether oxygens (including phenoxy) is 2. The lowest BCUT2D eigenvalue weighted by molar-refractivity contribution is 0.0704. The molecule has 0 amide bonds. The van der Waals surface area contributed by atoms with Crippen molar-refractivity contribution in [3.05, 3.63) is 82.9 Å². The van der Waals surface area contributed by atoms with Gasteiger partial charge in [-0.2, -0.15) is 0 Å². The summed E-state index contributed by atoms with van der Waals surface area (Å²) in [6.45, 7) is 0. The number of hydrogen-bond donors (Lipinski definition) is 0. The van der Waals surface area contributed by atoms with Crippen LogP contribution in [0.3, 0.4) is 0 Å². The first-order chi connectivity index (χ1) is 10.7. The first-order valence-corrected chi connectivity index (χ1v) is 6.79. The maximum Gasteiger partial charge on any atom is 0.344 e. The molecule has 0 bridgehead atoms. The van der Waals surface area contributed by atoms with Crippen LogP contribution in [0.4, 0.5) is 0 Å². The Balaban J connectivity index is 1.75. The molecule has 0 unspecified atom stereocenters. The van der Waals surface area contributed by atoms with E-state index < -0.39 is 0 Å². The number of benzene rings is 2. The molecule has 0 saturated carbocycles. The number of allylic oxidation sites excluding steroid dienone is 2. The van der Waals surface area contributed by atoms with Crippen LogP contribution in [0.2, 0.25) is 0 Å².